The third-order valence-electron chi connectivity index (χ3n) is 7.58. The third-order valence-corrected chi connectivity index (χ3v) is 7.58. The second kappa shape index (κ2) is 37.7. The van der Waals surface area contributed by atoms with Crippen LogP contribution in [0.25, 0.3) is 0 Å². The Morgan fingerprint density at radius 2 is 0.650 bits per heavy atom. The van der Waals surface area contributed by atoms with Crippen molar-refractivity contribution in [2.75, 3.05) is 14.2 Å². The molecule has 238 valence electrons. The van der Waals surface area contributed by atoms with Crippen molar-refractivity contribution in [3.8, 4) is 0 Å². The molecule has 0 rings (SSSR count). The summed E-state index contributed by atoms with van der Waals surface area (Å²) in [4.78, 5) is 21.8. The van der Waals surface area contributed by atoms with Gasteiger partial charge in [0.15, 0.2) is 0 Å². The van der Waals surface area contributed by atoms with Crippen LogP contribution in [0, 0.1) is 0 Å². The van der Waals surface area contributed by atoms with E-state index in [0.717, 1.165) is 19.3 Å². The highest BCUT2D eigenvalue weighted by atomic mass is 16.5. The fourth-order valence-corrected chi connectivity index (χ4v) is 4.83. The van der Waals surface area contributed by atoms with Crippen LogP contribution >= 0.6 is 0 Å². The van der Waals surface area contributed by atoms with Gasteiger partial charge in [-0.15, -0.1) is 0 Å². The largest absolute Gasteiger partial charge is 0.469 e. The topological polar surface area (TPSA) is 52.6 Å². The summed E-state index contributed by atoms with van der Waals surface area (Å²) in [5.74, 6) is -0.143. The molecule has 0 bridgehead atoms. The number of unbranched alkanes of at least 4 members (excludes halogenated alkanes) is 23. The number of hydrogen-bond donors (Lipinski definition) is 0. The molecule has 0 atom stereocenters. The summed E-state index contributed by atoms with van der Waals surface area (Å²) in [5.41, 5.74) is 0. The lowest BCUT2D eigenvalue weighted by Gasteiger charge is -2.03. The number of methoxy groups -OCH3 is 2. The van der Waals surface area contributed by atoms with Gasteiger partial charge in [-0.05, 0) is 38.5 Å². The zero-order chi connectivity index (χ0) is 29.8. The van der Waals surface area contributed by atoms with Crippen LogP contribution in [0.4, 0.5) is 0 Å². The Labute approximate surface area is 250 Å². The Morgan fingerprint density at radius 3 is 0.925 bits per heavy atom. The Hall–Kier alpha value is -1.32. The molecule has 0 aromatic carbocycles. The SMILES string of the molecule is CCCCCCCCC=CCCCCCCCC(=O)OC.CCCCCCCCCCCCCCCC(=O)OC. The molecular formula is C36H70O4. The minimum absolute atomic E-state index is 0.0666. The number of rotatable bonds is 29. The maximum Gasteiger partial charge on any atom is 0.305 e. The predicted molar refractivity (Wildman–Crippen MR) is 174 cm³/mol. The minimum atomic E-state index is -0.0763. The van der Waals surface area contributed by atoms with Gasteiger partial charge in [-0.3, -0.25) is 9.59 Å². The molecule has 0 aliphatic carbocycles. The van der Waals surface area contributed by atoms with Gasteiger partial charge in [-0.25, -0.2) is 0 Å². The summed E-state index contributed by atoms with van der Waals surface area (Å²) in [6.45, 7) is 4.53. The maximum atomic E-state index is 10.9. The van der Waals surface area contributed by atoms with Gasteiger partial charge in [0, 0.05) is 12.8 Å². The van der Waals surface area contributed by atoms with Crippen LogP contribution in [0.1, 0.15) is 194 Å². The van der Waals surface area contributed by atoms with Crippen LogP contribution in [0.15, 0.2) is 12.2 Å². The van der Waals surface area contributed by atoms with Gasteiger partial charge < -0.3 is 9.47 Å². The van der Waals surface area contributed by atoms with Gasteiger partial charge in [0.25, 0.3) is 0 Å². The van der Waals surface area contributed by atoms with Crippen LogP contribution in [-0.4, -0.2) is 26.2 Å². The highest BCUT2D eigenvalue weighted by Gasteiger charge is 2.00. The van der Waals surface area contributed by atoms with E-state index in [0.29, 0.717) is 12.8 Å². The summed E-state index contributed by atoms with van der Waals surface area (Å²) in [5, 5.41) is 0. The first-order chi connectivity index (χ1) is 19.6. The van der Waals surface area contributed by atoms with Crippen molar-refractivity contribution in [3.05, 3.63) is 12.2 Å². The number of esters is 2. The lowest BCUT2D eigenvalue weighted by Crippen LogP contribution is -1.99. The van der Waals surface area contributed by atoms with Gasteiger partial charge in [0.2, 0.25) is 0 Å². The monoisotopic (exact) mass is 567 g/mol. The van der Waals surface area contributed by atoms with Gasteiger partial charge in [0.05, 0.1) is 14.2 Å². The summed E-state index contributed by atoms with van der Waals surface area (Å²) >= 11 is 0. The molecule has 0 saturated carbocycles. The molecule has 0 saturated heterocycles. The van der Waals surface area contributed by atoms with Gasteiger partial charge in [-0.2, -0.15) is 0 Å². The Morgan fingerprint density at radius 1 is 0.400 bits per heavy atom. The van der Waals surface area contributed by atoms with Crippen LogP contribution < -0.4 is 0 Å². The van der Waals surface area contributed by atoms with Crippen molar-refractivity contribution in [1.82, 2.24) is 0 Å². The van der Waals surface area contributed by atoms with E-state index in [9.17, 15) is 9.59 Å². The van der Waals surface area contributed by atoms with Crippen molar-refractivity contribution in [2.45, 2.75) is 194 Å². The van der Waals surface area contributed by atoms with Crippen molar-refractivity contribution in [2.24, 2.45) is 0 Å². The van der Waals surface area contributed by atoms with Crippen molar-refractivity contribution >= 4 is 11.9 Å². The molecule has 0 fully saturated rings. The number of allylic oxidation sites excluding steroid dienone is 2. The van der Waals surface area contributed by atoms with E-state index in [1.54, 1.807) is 0 Å². The first-order valence-electron chi connectivity index (χ1n) is 17.4. The average Bonchev–Trinajstić information content (AvgIpc) is 2.97. The van der Waals surface area contributed by atoms with E-state index >= 15 is 0 Å². The fourth-order valence-electron chi connectivity index (χ4n) is 4.83. The summed E-state index contributed by atoms with van der Waals surface area (Å²) in [6.07, 6.45) is 40.0. The molecule has 0 aliphatic heterocycles. The number of hydrogen-bond acceptors (Lipinski definition) is 4. The molecule has 40 heavy (non-hydrogen) atoms. The quantitative estimate of drug-likeness (QED) is 0.0513. The molecule has 0 radical (unpaired) electrons. The zero-order valence-corrected chi connectivity index (χ0v) is 27.6. The van der Waals surface area contributed by atoms with E-state index in [1.807, 2.05) is 0 Å². The van der Waals surface area contributed by atoms with Crippen LogP contribution in [0.2, 0.25) is 0 Å². The van der Waals surface area contributed by atoms with E-state index in [-0.39, 0.29) is 11.9 Å². The minimum Gasteiger partial charge on any atom is -0.469 e. The number of carbonyl (C=O) groups excluding carboxylic acids is 2. The number of ether oxygens (including phenoxy) is 2. The first kappa shape index (κ1) is 40.8. The molecular weight excluding hydrogens is 496 g/mol. The highest BCUT2D eigenvalue weighted by Crippen LogP contribution is 2.13. The molecule has 4 nitrogen and oxygen atoms in total. The zero-order valence-electron chi connectivity index (χ0n) is 27.6. The van der Waals surface area contributed by atoms with E-state index < -0.39 is 0 Å². The second-order valence-corrected chi connectivity index (χ2v) is 11.5. The first-order valence-corrected chi connectivity index (χ1v) is 17.4. The molecule has 0 amide bonds. The molecule has 0 aromatic rings. The standard InChI is InChI=1S/C19H36O2.C17H34O2/c1-3-4-5-6-7-8-9-10-11-12-13-14-15-16-17-18-19(20)21-2;1-3-4-5-6-7-8-9-10-11-12-13-14-15-16-17(18)19-2/h10-11H,3-9,12-18H2,1-2H3;3-16H2,1-2H3. The van der Waals surface area contributed by atoms with Crippen molar-refractivity contribution in [3.63, 3.8) is 0 Å². The van der Waals surface area contributed by atoms with Crippen LogP contribution in [0.5, 0.6) is 0 Å². The van der Waals surface area contributed by atoms with Gasteiger partial charge >= 0.3 is 11.9 Å². The molecule has 0 aliphatic rings. The smallest absolute Gasteiger partial charge is 0.305 e. The molecule has 0 aromatic heterocycles. The lowest BCUT2D eigenvalue weighted by molar-refractivity contribution is -0.141. The van der Waals surface area contributed by atoms with Crippen LogP contribution in [0.3, 0.4) is 0 Å². The van der Waals surface area contributed by atoms with E-state index in [4.69, 9.17) is 0 Å². The van der Waals surface area contributed by atoms with Gasteiger partial charge in [-0.1, -0.05) is 154 Å². The summed E-state index contributed by atoms with van der Waals surface area (Å²) in [7, 11) is 2.92. The average molecular weight is 567 g/mol. The summed E-state index contributed by atoms with van der Waals surface area (Å²) < 4.78 is 9.24. The normalized spacial score (nSPS) is 10.9. The Bertz CT molecular complexity index is 529. The van der Waals surface area contributed by atoms with Crippen molar-refractivity contribution < 1.29 is 19.1 Å². The second-order valence-electron chi connectivity index (χ2n) is 11.5. The molecule has 4 heteroatoms. The third kappa shape index (κ3) is 38.8. The van der Waals surface area contributed by atoms with E-state index in [2.05, 4.69) is 35.5 Å². The van der Waals surface area contributed by atoms with E-state index in [1.165, 1.54) is 162 Å². The summed E-state index contributed by atoms with van der Waals surface area (Å²) in [6, 6.07) is 0. The lowest BCUT2D eigenvalue weighted by atomic mass is 10.0. The molecule has 0 spiro atoms. The Balaban J connectivity index is 0. The Kier molecular flexibility index (Phi) is 38.5. The predicted octanol–water partition coefficient (Wildman–Crippen LogP) is 11.8. The molecule has 0 N–H and O–H groups in total. The van der Waals surface area contributed by atoms with Gasteiger partial charge in [0.1, 0.15) is 0 Å². The number of carbonyl (C=O) groups is 2. The molecule has 0 unspecified atom stereocenters. The maximum absolute atomic E-state index is 10.9. The van der Waals surface area contributed by atoms with Crippen molar-refractivity contribution in [1.29, 1.82) is 0 Å². The molecule has 0 heterocycles. The fraction of sp³-hybridized carbons (Fsp3) is 0.889. The highest BCUT2D eigenvalue weighted by molar-refractivity contribution is 5.69. The van der Waals surface area contributed by atoms with Crippen LogP contribution in [-0.2, 0) is 19.1 Å².